The van der Waals surface area contributed by atoms with E-state index in [4.69, 9.17) is 39.5 Å². The molecule has 0 spiro atoms. The third-order valence-corrected chi connectivity index (χ3v) is 6.63. The lowest BCUT2D eigenvalue weighted by Crippen LogP contribution is -2.20. The van der Waals surface area contributed by atoms with Crippen molar-refractivity contribution in [3.05, 3.63) is 57.0 Å². The minimum atomic E-state index is -4.57. The summed E-state index contributed by atoms with van der Waals surface area (Å²) in [5, 5.41) is 13.3. The molecule has 0 unspecified atom stereocenters. The van der Waals surface area contributed by atoms with Crippen LogP contribution in [0.15, 0.2) is 40.7 Å². The molecule has 0 saturated carbocycles. The molecular formula is C19H12Cl3F3N4O3S2. The molecule has 1 heterocycles. The molecule has 3 aromatic rings. The standard InChI is InChI=1S/C19H12Cl3F3N4O3S2/c20-10-2-4-14(12(22)6-10)32-7-15(30)27-17-28-29-18(34-17)33-8-16(31)26-13-5-9(19(23,24)25)1-3-11(13)21/h1-6H,7-8H2,(H,26,31)(H,27,28,30). The third kappa shape index (κ3) is 7.64. The molecule has 2 N–H and O–H groups in total. The average molecular weight is 572 g/mol. The summed E-state index contributed by atoms with van der Waals surface area (Å²) in [6.07, 6.45) is -4.57. The van der Waals surface area contributed by atoms with Crippen molar-refractivity contribution < 1.29 is 27.5 Å². The fourth-order valence-corrected chi connectivity index (χ4v) is 4.52. The molecule has 2 amide bonds. The number of anilines is 2. The predicted octanol–water partition coefficient (Wildman–Crippen LogP) is 6.27. The number of aromatic nitrogens is 2. The van der Waals surface area contributed by atoms with Crippen LogP contribution in [-0.2, 0) is 15.8 Å². The molecule has 180 valence electrons. The highest BCUT2D eigenvalue weighted by molar-refractivity contribution is 8.01. The van der Waals surface area contributed by atoms with Crippen LogP contribution in [-0.4, -0.2) is 34.4 Å². The van der Waals surface area contributed by atoms with Crippen molar-refractivity contribution in [1.29, 1.82) is 0 Å². The maximum Gasteiger partial charge on any atom is 0.416 e. The smallest absolute Gasteiger partial charge is 0.416 e. The number of carbonyl (C=O) groups is 2. The van der Waals surface area contributed by atoms with Gasteiger partial charge in [-0.3, -0.25) is 14.9 Å². The molecule has 3 rings (SSSR count). The van der Waals surface area contributed by atoms with E-state index < -0.39 is 23.6 Å². The molecule has 2 aromatic carbocycles. The van der Waals surface area contributed by atoms with Gasteiger partial charge in [-0.05, 0) is 36.4 Å². The van der Waals surface area contributed by atoms with Gasteiger partial charge in [0.15, 0.2) is 10.9 Å². The van der Waals surface area contributed by atoms with Gasteiger partial charge in [0.1, 0.15) is 5.75 Å². The van der Waals surface area contributed by atoms with Gasteiger partial charge in [-0.1, -0.05) is 57.9 Å². The van der Waals surface area contributed by atoms with Gasteiger partial charge in [0.25, 0.3) is 5.91 Å². The van der Waals surface area contributed by atoms with Gasteiger partial charge >= 0.3 is 6.18 Å². The molecule has 0 aliphatic heterocycles. The molecule has 1 aromatic heterocycles. The summed E-state index contributed by atoms with van der Waals surface area (Å²) in [4.78, 5) is 24.2. The SMILES string of the molecule is O=C(COc1ccc(Cl)cc1Cl)Nc1nnc(SCC(=O)Nc2cc(C(F)(F)F)ccc2Cl)s1. The van der Waals surface area contributed by atoms with Crippen molar-refractivity contribution >= 4 is 80.5 Å². The number of nitrogens with zero attached hydrogens (tertiary/aromatic N) is 2. The van der Waals surface area contributed by atoms with Gasteiger partial charge in [-0.15, -0.1) is 10.2 Å². The Morgan fingerprint density at radius 2 is 1.76 bits per heavy atom. The minimum Gasteiger partial charge on any atom is -0.482 e. The fraction of sp³-hybridized carbons (Fsp3) is 0.158. The molecule has 0 bridgehead atoms. The zero-order valence-corrected chi connectivity index (χ0v) is 20.5. The van der Waals surface area contributed by atoms with Crippen LogP contribution >= 0.6 is 57.9 Å². The molecule has 0 radical (unpaired) electrons. The quantitative estimate of drug-likeness (QED) is 0.245. The Morgan fingerprint density at radius 3 is 2.47 bits per heavy atom. The highest BCUT2D eigenvalue weighted by atomic mass is 35.5. The minimum absolute atomic E-state index is 0.0330. The topological polar surface area (TPSA) is 93.2 Å². The Balaban J connectivity index is 1.48. The van der Waals surface area contributed by atoms with E-state index in [2.05, 4.69) is 20.8 Å². The molecule has 0 fully saturated rings. The maximum atomic E-state index is 12.8. The number of ether oxygens (including phenoxy) is 1. The second-order valence-corrected chi connectivity index (χ2v) is 9.76. The van der Waals surface area contributed by atoms with E-state index in [0.29, 0.717) is 9.36 Å². The van der Waals surface area contributed by atoms with Crippen molar-refractivity contribution in [2.45, 2.75) is 10.5 Å². The molecular weight excluding hydrogens is 560 g/mol. The Hall–Kier alpha value is -2.25. The molecule has 0 aliphatic rings. The van der Waals surface area contributed by atoms with Crippen molar-refractivity contribution in [3.63, 3.8) is 0 Å². The highest BCUT2D eigenvalue weighted by Crippen LogP contribution is 2.34. The first-order valence-corrected chi connectivity index (χ1v) is 12.0. The summed E-state index contributed by atoms with van der Waals surface area (Å²) in [7, 11) is 0. The number of carbonyl (C=O) groups excluding carboxylic acids is 2. The lowest BCUT2D eigenvalue weighted by molar-refractivity contribution is -0.137. The first kappa shape index (κ1) is 26.4. The van der Waals surface area contributed by atoms with Crippen molar-refractivity contribution in [2.24, 2.45) is 0 Å². The van der Waals surface area contributed by atoms with E-state index in [1.165, 1.54) is 12.1 Å². The van der Waals surface area contributed by atoms with Crippen molar-refractivity contribution in [3.8, 4) is 5.75 Å². The number of amides is 2. The third-order valence-electron chi connectivity index (χ3n) is 3.80. The van der Waals surface area contributed by atoms with E-state index in [1.54, 1.807) is 6.07 Å². The Labute approximate surface area is 213 Å². The molecule has 0 atom stereocenters. The summed E-state index contributed by atoms with van der Waals surface area (Å²) >= 11 is 19.6. The lowest BCUT2D eigenvalue weighted by atomic mass is 10.2. The summed E-state index contributed by atoms with van der Waals surface area (Å²) < 4.78 is 44.2. The number of hydrogen-bond acceptors (Lipinski definition) is 7. The zero-order valence-electron chi connectivity index (χ0n) is 16.6. The Kier molecular flexibility index (Phi) is 8.88. The summed E-state index contributed by atoms with van der Waals surface area (Å²) in [5.41, 5.74) is -1.10. The van der Waals surface area contributed by atoms with Crippen LogP contribution in [0.25, 0.3) is 0 Å². The highest BCUT2D eigenvalue weighted by Gasteiger charge is 2.31. The summed E-state index contributed by atoms with van der Waals surface area (Å²) in [6.45, 7) is -0.344. The molecule has 7 nitrogen and oxygen atoms in total. The second-order valence-electron chi connectivity index (χ2n) is 6.31. The largest absolute Gasteiger partial charge is 0.482 e. The second kappa shape index (κ2) is 11.5. The Morgan fingerprint density at radius 1 is 1.00 bits per heavy atom. The molecule has 0 aliphatic carbocycles. The number of nitrogens with one attached hydrogen (secondary N) is 2. The fourth-order valence-electron chi connectivity index (χ4n) is 2.32. The monoisotopic (exact) mass is 570 g/mol. The molecule has 34 heavy (non-hydrogen) atoms. The number of halogens is 6. The van der Waals surface area contributed by atoms with Gasteiger partial charge in [-0.2, -0.15) is 13.2 Å². The van der Waals surface area contributed by atoms with Gasteiger partial charge in [0, 0.05) is 5.02 Å². The predicted molar refractivity (Wildman–Crippen MR) is 126 cm³/mol. The van der Waals surface area contributed by atoms with E-state index in [-0.39, 0.29) is 39.0 Å². The van der Waals surface area contributed by atoms with E-state index in [9.17, 15) is 22.8 Å². The number of thioether (sulfide) groups is 1. The number of hydrogen-bond donors (Lipinski definition) is 2. The average Bonchev–Trinajstić information content (AvgIpc) is 3.19. The maximum absolute atomic E-state index is 12.8. The van der Waals surface area contributed by atoms with Gasteiger partial charge in [0.2, 0.25) is 11.0 Å². The normalized spacial score (nSPS) is 11.2. The van der Waals surface area contributed by atoms with E-state index >= 15 is 0 Å². The van der Waals surface area contributed by atoms with Gasteiger partial charge < -0.3 is 10.1 Å². The summed E-state index contributed by atoms with van der Waals surface area (Å²) in [5.74, 6) is -1.01. The first-order valence-electron chi connectivity index (χ1n) is 9.02. The lowest BCUT2D eigenvalue weighted by Gasteiger charge is -2.11. The summed E-state index contributed by atoms with van der Waals surface area (Å²) in [6, 6.07) is 7.18. The molecule has 0 saturated heterocycles. The number of benzene rings is 2. The van der Waals surface area contributed by atoms with Crippen molar-refractivity contribution in [2.75, 3.05) is 23.0 Å². The van der Waals surface area contributed by atoms with Crippen LogP contribution in [0, 0.1) is 0 Å². The zero-order chi connectivity index (χ0) is 24.9. The van der Waals surface area contributed by atoms with E-state index in [1.807, 2.05) is 0 Å². The Bertz CT molecular complexity index is 1210. The van der Waals surface area contributed by atoms with Crippen LogP contribution < -0.4 is 15.4 Å². The first-order chi connectivity index (χ1) is 16.0. The molecule has 15 heteroatoms. The van der Waals surface area contributed by atoms with Crippen LogP contribution in [0.5, 0.6) is 5.75 Å². The van der Waals surface area contributed by atoms with Gasteiger partial charge in [-0.25, -0.2) is 0 Å². The van der Waals surface area contributed by atoms with Gasteiger partial charge in [0.05, 0.1) is 27.0 Å². The van der Waals surface area contributed by atoms with E-state index in [0.717, 1.165) is 41.3 Å². The van der Waals surface area contributed by atoms with Crippen LogP contribution in [0.3, 0.4) is 0 Å². The number of rotatable bonds is 8. The van der Waals surface area contributed by atoms with Crippen LogP contribution in [0.2, 0.25) is 15.1 Å². The van der Waals surface area contributed by atoms with Crippen LogP contribution in [0.1, 0.15) is 5.56 Å². The van der Waals surface area contributed by atoms with Crippen molar-refractivity contribution in [1.82, 2.24) is 10.2 Å². The number of alkyl halides is 3. The van der Waals surface area contributed by atoms with Crippen LogP contribution in [0.4, 0.5) is 24.0 Å².